The van der Waals surface area contributed by atoms with Gasteiger partial charge in [-0.25, -0.2) is 0 Å². The summed E-state index contributed by atoms with van der Waals surface area (Å²) >= 11 is 0. The highest BCUT2D eigenvalue weighted by atomic mass is 16.5. The standard InChI is InChI=1S/C18H21NO3/c1-13-8-10-14(11-9-13)12-19(2)18(20)15-6-5-7-16(21-3)17(15)22-4/h5-11H,12H2,1-4H3. The first-order valence-corrected chi connectivity index (χ1v) is 7.08. The van der Waals surface area contributed by atoms with Crippen molar-refractivity contribution in [1.29, 1.82) is 0 Å². The van der Waals surface area contributed by atoms with Gasteiger partial charge >= 0.3 is 0 Å². The van der Waals surface area contributed by atoms with Crippen LogP contribution in [0.15, 0.2) is 42.5 Å². The van der Waals surface area contributed by atoms with E-state index in [1.54, 1.807) is 37.3 Å². The molecule has 0 heterocycles. The first-order chi connectivity index (χ1) is 10.6. The first kappa shape index (κ1) is 15.9. The molecular formula is C18H21NO3. The zero-order chi connectivity index (χ0) is 16.1. The molecule has 0 fully saturated rings. The molecule has 2 aromatic rings. The van der Waals surface area contributed by atoms with Crippen molar-refractivity contribution in [3.8, 4) is 11.5 Å². The van der Waals surface area contributed by atoms with Crippen molar-refractivity contribution < 1.29 is 14.3 Å². The van der Waals surface area contributed by atoms with Gasteiger partial charge in [0.25, 0.3) is 5.91 Å². The zero-order valence-electron chi connectivity index (χ0n) is 13.4. The molecular weight excluding hydrogens is 278 g/mol. The van der Waals surface area contributed by atoms with E-state index in [1.165, 1.54) is 12.7 Å². The van der Waals surface area contributed by atoms with Gasteiger partial charge in [0.2, 0.25) is 0 Å². The summed E-state index contributed by atoms with van der Waals surface area (Å²) in [5, 5.41) is 0. The molecule has 0 unspecified atom stereocenters. The molecule has 0 radical (unpaired) electrons. The second-order valence-corrected chi connectivity index (χ2v) is 5.19. The molecule has 1 amide bonds. The Bertz CT molecular complexity index is 650. The van der Waals surface area contributed by atoms with Gasteiger partial charge in [0, 0.05) is 13.6 Å². The Hall–Kier alpha value is -2.49. The Balaban J connectivity index is 2.22. The lowest BCUT2D eigenvalue weighted by Crippen LogP contribution is -2.26. The normalized spacial score (nSPS) is 10.2. The fourth-order valence-corrected chi connectivity index (χ4v) is 2.30. The molecule has 4 heteroatoms. The molecule has 116 valence electrons. The molecule has 22 heavy (non-hydrogen) atoms. The first-order valence-electron chi connectivity index (χ1n) is 7.08. The molecule has 0 saturated carbocycles. The van der Waals surface area contributed by atoms with Crippen LogP contribution in [0.1, 0.15) is 21.5 Å². The van der Waals surface area contributed by atoms with Gasteiger partial charge in [-0.05, 0) is 24.6 Å². The van der Waals surface area contributed by atoms with E-state index in [-0.39, 0.29) is 5.91 Å². The minimum Gasteiger partial charge on any atom is -0.493 e. The quantitative estimate of drug-likeness (QED) is 0.850. The second-order valence-electron chi connectivity index (χ2n) is 5.19. The second kappa shape index (κ2) is 6.98. The molecule has 0 N–H and O–H groups in total. The van der Waals surface area contributed by atoms with Gasteiger partial charge in [0.05, 0.1) is 19.8 Å². The van der Waals surface area contributed by atoms with E-state index in [4.69, 9.17) is 9.47 Å². The minimum atomic E-state index is -0.101. The number of carbonyl (C=O) groups is 1. The minimum absolute atomic E-state index is 0.101. The number of hydrogen-bond donors (Lipinski definition) is 0. The van der Waals surface area contributed by atoms with E-state index in [9.17, 15) is 4.79 Å². The average molecular weight is 299 g/mol. The third kappa shape index (κ3) is 3.39. The van der Waals surface area contributed by atoms with Crippen LogP contribution in [0.25, 0.3) is 0 Å². The van der Waals surface area contributed by atoms with Crippen molar-refractivity contribution in [2.45, 2.75) is 13.5 Å². The lowest BCUT2D eigenvalue weighted by molar-refractivity contribution is 0.0781. The summed E-state index contributed by atoms with van der Waals surface area (Å²) in [5.74, 6) is 0.916. The molecule has 4 nitrogen and oxygen atoms in total. The lowest BCUT2D eigenvalue weighted by atomic mass is 10.1. The predicted molar refractivity (Wildman–Crippen MR) is 86.5 cm³/mol. The Morgan fingerprint density at radius 1 is 1.05 bits per heavy atom. The number of nitrogens with zero attached hydrogens (tertiary/aromatic N) is 1. The van der Waals surface area contributed by atoms with Gasteiger partial charge in [-0.1, -0.05) is 35.9 Å². The van der Waals surface area contributed by atoms with E-state index in [0.29, 0.717) is 23.6 Å². The molecule has 0 saturated heterocycles. The van der Waals surface area contributed by atoms with Gasteiger partial charge in [-0.2, -0.15) is 0 Å². The van der Waals surface area contributed by atoms with Crippen molar-refractivity contribution in [3.63, 3.8) is 0 Å². The molecule has 0 bridgehead atoms. The van der Waals surface area contributed by atoms with Crippen molar-refractivity contribution in [3.05, 3.63) is 59.2 Å². The van der Waals surface area contributed by atoms with E-state index in [1.807, 2.05) is 31.2 Å². The Morgan fingerprint density at radius 3 is 2.32 bits per heavy atom. The van der Waals surface area contributed by atoms with E-state index < -0.39 is 0 Å². The summed E-state index contributed by atoms with van der Waals surface area (Å²) in [6.07, 6.45) is 0. The molecule has 2 aromatic carbocycles. The van der Waals surface area contributed by atoms with Crippen molar-refractivity contribution >= 4 is 5.91 Å². The molecule has 0 aliphatic carbocycles. The van der Waals surface area contributed by atoms with Gasteiger partial charge in [0.15, 0.2) is 11.5 Å². The van der Waals surface area contributed by atoms with Gasteiger partial charge in [0.1, 0.15) is 0 Å². The van der Waals surface area contributed by atoms with Crippen LogP contribution in [0.5, 0.6) is 11.5 Å². The van der Waals surface area contributed by atoms with Crippen LogP contribution in [-0.4, -0.2) is 32.1 Å². The van der Waals surface area contributed by atoms with E-state index in [2.05, 4.69) is 0 Å². The number of amides is 1. The number of carbonyl (C=O) groups excluding carboxylic acids is 1. The molecule has 0 aromatic heterocycles. The largest absolute Gasteiger partial charge is 0.493 e. The van der Waals surface area contributed by atoms with Crippen LogP contribution in [0.3, 0.4) is 0 Å². The fraction of sp³-hybridized carbons (Fsp3) is 0.278. The van der Waals surface area contributed by atoms with Crippen LogP contribution in [0.4, 0.5) is 0 Å². The topological polar surface area (TPSA) is 38.8 Å². The third-order valence-corrected chi connectivity index (χ3v) is 3.52. The van der Waals surface area contributed by atoms with Crippen LogP contribution in [0.2, 0.25) is 0 Å². The summed E-state index contributed by atoms with van der Waals surface area (Å²) in [7, 11) is 4.87. The summed E-state index contributed by atoms with van der Waals surface area (Å²) in [6.45, 7) is 2.58. The average Bonchev–Trinajstić information content (AvgIpc) is 2.55. The maximum absolute atomic E-state index is 12.7. The molecule has 0 atom stereocenters. The van der Waals surface area contributed by atoms with Gasteiger partial charge in [-0.3, -0.25) is 4.79 Å². The van der Waals surface area contributed by atoms with Crippen LogP contribution in [0, 0.1) is 6.92 Å². The van der Waals surface area contributed by atoms with Crippen molar-refractivity contribution in [1.82, 2.24) is 4.90 Å². The lowest BCUT2D eigenvalue weighted by Gasteiger charge is -2.19. The molecule has 0 spiro atoms. The molecule has 0 aliphatic rings. The zero-order valence-corrected chi connectivity index (χ0v) is 13.4. The monoisotopic (exact) mass is 299 g/mol. The highest BCUT2D eigenvalue weighted by Crippen LogP contribution is 2.31. The van der Waals surface area contributed by atoms with Crippen LogP contribution in [-0.2, 0) is 6.54 Å². The van der Waals surface area contributed by atoms with Gasteiger partial charge < -0.3 is 14.4 Å². The van der Waals surface area contributed by atoms with Crippen molar-refractivity contribution in [2.75, 3.05) is 21.3 Å². The van der Waals surface area contributed by atoms with Gasteiger partial charge in [-0.15, -0.1) is 0 Å². The highest BCUT2D eigenvalue weighted by molar-refractivity contribution is 5.97. The van der Waals surface area contributed by atoms with E-state index >= 15 is 0 Å². The maximum Gasteiger partial charge on any atom is 0.257 e. The smallest absolute Gasteiger partial charge is 0.257 e. The Morgan fingerprint density at radius 2 is 1.73 bits per heavy atom. The fourth-order valence-electron chi connectivity index (χ4n) is 2.30. The maximum atomic E-state index is 12.7. The SMILES string of the molecule is COc1cccc(C(=O)N(C)Cc2ccc(C)cc2)c1OC. The summed E-state index contributed by atoms with van der Waals surface area (Å²) in [5.41, 5.74) is 2.78. The summed E-state index contributed by atoms with van der Waals surface area (Å²) < 4.78 is 10.6. The number of rotatable bonds is 5. The Kier molecular flexibility index (Phi) is 5.04. The Labute approximate surface area is 131 Å². The molecule has 0 aliphatic heterocycles. The molecule has 2 rings (SSSR count). The number of aryl methyl sites for hydroxylation is 1. The van der Waals surface area contributed by atoms with Crippen molar-refractivity contribution in [2.24, 2.45) is 0 Å². The van der Waals surface area contributed by atoms with E-state index in [0.717, 1.165) is 5.56 Å². The summed E-state index contributed by atoms with van der Waals surface area (Å²) in [6, 6.07) is 13.4. The van der Waals surface area contributed by atoms with Crippen LogP contribution >= 0.6 is 0 Å². The number of para-hydroxylation sites is 1. The number of methoxy groups -OCH3 is 2. The summed E-state index contributed by atoms with van der Waals surface area (Å²) in [4.78, 5) is 14.3. The third-order valence-electron chi connectivity index (χ3n) is 3.52. The highest BCUT2D eigenvalue weighted by Gasteiger charge is 2.19. The van der Waals surface area contributed by atoms with Crippen LogP contribution < -0.4 is 9.47 Å². The number of ether oxygens (including phenoxy) is 2. The number of hydrogen-bond acceptors (Lipinski definition) is 3. The predicted octanol–water partition coefficient (Wildman–Crippen LogP) is 3.28. The number of benzene rings is 2.